The first kappa shape index (κ1) is 17.0. The van der Waals surface area contributed by atoms with Crippen LogP contribution in [0.15, 0.2) is 36.9 Å². The van der Waals surface area contributed by atoms with Crippen molar-refractivity contribution in [2.45, 2.75) is 25.0 Å². The molecule has 1 aliphatic carbocycles. The van der Waals surface area contributed by atoms with E-state index >= 15 is 0 Å². The van der Waals surface area contributed by atoms with Gasteiger partial charge in [0.25, 0.3) is 5.91 Å². The van der Waals surface area contributed by atoms with Gasteiger partial charge in [0.2, 0.25) is 0 Å². The molecule has 5 nitrogen and oxygen atoms in total. The van der Waals surface area contributed by atoms with Crippen molar-refractivity contribution in [1.82, 2.24) is 4.90 Å². The van der Waals surface area contributed by atoms with Crippen molar-refractivity contribution in [3.8, 4) is 5.75 Å². The molecule has 1 heterocycles. The number of morpholine rings is 1. The summed E-state index contributed by atoms with van der Waals surface area (Å²) in [5.41, 5.74) is 0.697. The summed E-state index contributed by atoms with van der Waals surface area (Å²) in [5, 5.41) is 0. The zero-order valence-corrected chi connectivity index (χ0v) is 14.1. The van der Waals surface area contributed by atoms with Crippen LogP contribution in [0.2, 0.25) is 0 Å². The first-order chi connectivity index (χ1) is 11.7. The molecular formula is C19H25NO4. The third-order valence-electron chi connectivity index (χ3n) is 4.89. The number of fused-ring (bicyclic) bond motifs is 1. The van der Waals surface area contributed by atoms with Crippen LogP contribution < -0.4 is 4.74 Å². The molecule has 0 radical (unpaired) electrons. The smallest absolute Gasteiger partial charge is 0.254 e. The summed E-state index contributed by atoms with van der Waals surface area (Å²) in [7, 11) is 1.62. The number of hydrogen-bond donors (Lipinski definition) is 0. The summed E-state index contributed by atoms with van der Waals surface area (Å²) in [5.74, 6) is 1.18. The number of rotatable bonds is 6. The molecule has 0 bridgehead atoms. The SMILES string of the molecule is C=CCOCC1CCC2C1OCCN2C(=O)c1ccc(OC)cc1. The lowest BCUT2D eigenvalue weighted by Crippen LogP contribution is -2.53. The fourth-order valence-corrected chi connectivity index (χ4v) is 3.69. The van der Waals surface area contributed by atoms with E-state index in [2.05, 4.69) is 6.58 Å². The third-order valence-corrected chi connectivity index (χ3v) is 4.89. The highest BCUT2D eigenvalue weighted by Crippen LogP contribution is 2.35. The molecule has 2 aliphatic rings. The number of benzene rings is 1. The Hall–Kier alpha value is -1.85. The van der Waals surface area contributed by atoms with E-state index < -0.39 is 0 Å². The zero-order valence-electron chi connectivity index (χ0n) is 14.1. The summed E-state index contributed by atoms with van der Waals surface area (Å²) in [6.45, 7) is 6.12. The maximum absolute atomic E-state index is 12.9. The minimum absolute atomic E-state index is 0.0728. The molecule has 5 heteroatoms. The summed E-state index contributed by atoms with van der Waals surface area (Å²) >= 11 is 0. The van der Waals surface area contributed by atoms with E-state index in [1.165, 1.54) is 0 Å². The molecule has 0 N–H and O–H groups in total. The van der Waals surface area contributed by atoms with Crippen LogP contribution in [0.25, 0.3) is 0 Å². The van der Waals surface area contributed by atoms with E-state index in [-0.39, 0.29) is 18.1 Å². The number of amides is 1. The normalized spacial score (nSPS) is 26.0. The Morgan fingerprint density at radius 1 is 1.38 bits per heavy atom. The Labute approximate surface area is 143 Å². The molecule has 3 atom stereocenters. The Morgan fingerprint density at radius 2 is 2.17 bits per heavy atom. The summed E-state index contributed by atoms with van der Waals surface area (Å²) in [6, 6.07) is 7.44. The lowest BCUT2D eigenvalue weighted by molar-refractivity contribution is -0.0738. The monoisotopic (exact) mass is 331 g/mol. The average Bonchev–Trinajstić information content (AvgIpc) is 3.05. The second kappa shape index (κ2) is 7.81. The van der Waals surface area contributed by atoms with Gasteiger partial charge in [-0.3, -0.25) is 4.79 Å². The molecule has 1 aromatic rings. The fraction of sp³-hybridized carbons (Fsp3) is 0.526. The van der Waals surface area contributed by atoms with Crippen molar-refractivity contribution < 1.29 is 19.0 Å². The van der Waals surface area contributed by atoms with Crippen molar-refractivity contribution in [2.75, 3.05) is 33.5 Å². The molecule has 24 heavy (non-hydrogen) atoms. The molecule has 1 amide bonds. The molecule has 1 aromatic carbocycles. The molecule has 130 valence electrons. The highest BCUT2D eigenvalue weighted by Gasteiger charge is 2.44. The van der Waals surface area contributed by atoms with Crippen molar-refractivity contribution >= 4 is 5.91 Å². The van der Waals surface area contributed by atoms with E-state index in [0.717, 1.165) is 18.6 Å². The van der Waals surface area contributed by atoms with Crippen LogP contribution >= 0.6 is 0 Å². The number of carbonyl (C=O) groups is 1. The topological polar surface area (TPSA) is 48.0 Å². The van der Waals surface area contributed by atoms with Crippen LogP contribution in [-0.2, 0) is 9.47 Å². The summed E-state index contributed by atoms with van der Waals surface area (Å²) in [4.78, 5) is 14.9. The Morgan fingerprint density at radius 3 is 2.88 bits per heavy atom. The number of hydrogen-bond acceptors (Lipinski definition) is 4. The fourth-order valence-electron chi connectivity index (χ4n) is 3.69. The largest absolute Gasteiger partial charge is 0.497 e. The van der Waals surface area contributed by atoms with Gasteiger partial charge in [0.1, 0.15) is 5.75 Å². The predicted octanol–water partition coefficient (Wildman–Crippen LogP) is 2.52. The number of carbonyl (C=O) groups excluding carboxylic acids is 1. The molecule has 3 unspecified atom stereocenters. The predicted molar refractivity (Wildman–Crippen MR) is 91.3 cm³/mol. The molecular weight excluding hydrogens is 306 g/mol. The lowest BCUT2D eigenvalue weighted by atomic mass is 10.0. The van der Waals surface area contributed by atoms with Gasteiger partial charge in [-0.2, -0.15) is 0 Å². The first-order valence-electron chi connectivity index (χ1n) is 8.50. The molecule has 0 spiro atoms. The van der Waals surface area contributed by atoms with Gasteiger partial charge in [-0.05, 0) is 37.1 Å². The second-order valence-corrected chi connectivity index (χ2v) is 6.29. The lowest BCUT2D eigenvalue weighted by Gasteiger charge is -2.39. The van der Waals surface area contributed by atoms with Gasteiger partial charge in [0.15, 0.2) is 0 Å². The van der Waals surface area contributed by atoms with Crippen LogP contribution in [0.4, 0.5) is 0 Å². The molecule has 1 aliphatic heterocycles. The van der Waals surface area contributed by atoms with Gasteiger partial charge in [-0.1, -0.05) is 6.08 Å². The Kier molecular flexibility index (Phi) is 5.53. The molecule has 3 rings (SSSR count). The highest BCUT2D eigenvalue weighted by molar-refractivity contribution is 5.94. The van der Waals surface area contributed by atoms with E-state index in [4.69, 9.17) is 14.2 Å². The molecule has 1 saturated carbocycles. The zero-order chi connectivity index (χ0) is 16.9. The second-order valence-electron chi connectivity index (χ2n) is 6.29. The van der Waals surface area contributed by atoms with Gasteiger partial charge < -0.3 is 19.1 Å². The first-order valence-corrected chi connectivity index (χ1v) is 8.50. The summed E-state index contributed by atoms with van der Waals surface area (Å²) in [6.07, 6.45) is 3.83. The van der Waals surface area contributed by atoms with Crippen LogP contribution in [0.1, 0.15) is 23.2 Å². The summed E-state index contributed by atoms with van der Waals surface area (Å²) < 4.78 is 16.7. The minimum Gasteiger partial charge on any atom is -0.497 e. The average molecular weight is 331 g/mol. The van der Waals surface area contributed by atoms with E-state index in [1.54, 1.807) is 13.2 Å². The van der Waals surface area contributed by atoms with Gasteiger partial charge in [0, 0.05) is 18.0 Å². The molecule has 2 fully saturated rings. The molecule has 0 aromatic heterocycles. The van der Waals surface area contributed by atoms with Gasteiger partial charge in [-0.15, -0.1) is 6.58 Å². The van der Waals surface area contributed by atoms with Crippen molar-refractivity contribution in [3.05, 3.63) is 42.5 Å². The quantitative estimate of drug-likeness (QED) is 0.594. The number of nitrogens with zero attached hydrogens (tertiary/aromatic N) is 1. The maximum atomic E-state index is 12.9. The van der Waals surface area contributed by atoms with E-state index in [0.29, 0.717) is 37.8 Å². The van der Waals surface area contributed by atoms with Crippen LogP contribution in [0.3, 0.4) is 0 Å². The number of methoxy groups -OCH3 is 1. The van der Waals surface area contributed by atoms with Crippen molar-refractivity contribution in [3.63, 3.8) is 0 Å². The molecule has 1 saturated heterocycles. The van der Waals surface area contributed by atoms with Gasteiger partial charge >= 0.3 is 0 Å². The van der Waals surface area contributed by atoms with Crippen molar-refractivity contribution in [1.29, 1.82) is 0 Å². The minimum atomic E-state index is 0.0728. The van der Waals surface area contributed by atoms with Gasteiger partial charge in [-0.25, -0.2) is 0 Å². The van der Waals surface area contributed by atoms with Crippen LogP contribution in [0.5, 0.6) is 5.75 Å². The van der Waals surface area contributed by atoms with Gasteiger partial charge in [0.05, 0.1) is 39.1 Å². The third kappa shape index (κ3) is 3.47. The Balaban J connectivity index is 1.67. The van der Waals surface area contributed by atoms with Crippen LogP contribution in [0, 0.1) is 5.92 Å². The Bertz CT molecular complexity index is 571. The van der Waals surface area contributed by atoms with E-state index in [9.17, 15) is 4.79 Å². The van der Waals surface area contributed by atoms with Crippen molar-refractivity contribution in [2.24, 2.45) is 5.92 Å². The van der Waals surface area contributed by atoms with E-state index in [1.807, 2.05) is 29.2 Å². The van der Waals surface area contributed by atoms with Crippen LogP contribution in [-0.4, -0.2) is 56.4 Å². The number of ether oxygens (including phenoxy) is 3. The highest BCUT2D eigenvalue weighted by atomic mass is 16.5. The standard InChI is InChI=1S/C19H25NO4/c1-3-11-23-13-15-6-9-17-18(15)24-12-10-20(17)19(21)14-4-7-16(22-2)8-5-14/h3-5,7-8,15,17-18H,1,6,9-13H2,2H3. The maximum Gasteiger partial charge on any atom is 0.254 e.